The molecule has 0 aliphatic heterocycles. The Bertz CT molecular complexity index is 332. The summed E-state index contributed by atoms with van der Waals surface area (Å²) in [7, 11) is 1.80. The summed E-state index contributed by atoms with van der Waals surface area (Å²) in [6.45, 7) is 0. The fraction of sp³-hybridized carbons (Fsp3) is 0.200. The zero-order valence-electron chi connectivity index (χ0n) is 7.92. The number of nitrogens with zero attached hydrogens (tertiary/aromatic N) is 1. The molecule has 0 aromatic carbocycles. The van der Waals surface area contributed by atoms with Gasteiger partial charge in [-0.15, -0.1) is 0 Å². The summed E-state index contributed by atoms with van der Waals surface area (Å²) < 4.78 is 0.767. The summed E-state index contributed by atoms with van der Waals surface area (Å²) in [5.74, 6) is 0. The second kappa shape index (κ2) is 5.54. The number of hydrogen-bond acceptors (Lipinski definition) is 3. The Morgan fingerprint density at radius 1 is 1.71 bits per heavy atom. The van der Waals surface area contributed by atoms with E-state index in [9.17, 15) is 0 Å². The largest absolute Gasteiger partial charge is 0.393 e. The zero-order valence-corrected chi connectivity index (χ0v) is 9.51. The molecule has 0 radical (unpaired) electrons. The average molecular weight is 254 g/mol. The van der Waals surface area contributed by atoms with Gasteiger partial charge in [-0.3, -0.25) is 4.98 Å². The number of allylic oxidation sites excluding steroid dienone is 1. The average Bonchev–Trinajstić information content (AvgIpc) is 2.19. The van der Waals surface area contributed by atoms with Crippen LogP contribution in [0.2, 0.25) is 0 Å². The van der Waals surface area contributed by atoms with Crippen LogP contribution in [0.3, 0.4) is 0 Å². The van der Waals surface area contributed by atoms with Crippen molar-refractivity contribution in [2.75, 3.05) is 7.05 Å². The van der Waals surface area contributed by atoms with Crippen molar-refractivity contribution in [3.8, 4) is 0 Å². The summed E-state index contributed by atoms with van der Waals surface area (Å²) in [4.78, 5) is 4.00. The Kier molecular flexibility index (Phi) is 4.32. The lowest BCUT2D eigenvalue weighted by Gasteiger charge is -2.02. The molecule has 1 rings (SSSR count). The second-order valence-corrected chi connectivity index (χ2v) is 3.65. The molecule has 0 spiro atoms. The van der Waals surface area contributed by atoms with Crippen LogP contribution >= 0.6 is 15.9 Å². The molecule has 0 atom stereocenters. The highest BCUT2D eigenvalue weighted by Gasteiger charge is 2.02. The molecule has 3 nitrogen and oxygen atoms in total. The van der Waals surface area contributed by atoms with Gasteiger partial charge in [0.2, 0.25) is 0 Å². The van der Waals surface area contributed by atoms with Crippen molar-refractivity contribution in [1.82, 2.24) is 10.3 Å². The van der Waals surface area contributed by atoms with Gasteiger partial charge in [-0.05, 0) is 27.6 Å². The van der Waals surface area contributed by atoms with Gasteiger partial charge in [-0.2, -0.15) is 0 Å². The molecule has 1 heterocycles. The van der Waals surface area contributed by atoms with Gasteiger partial charge in [0.25, 0.3) is 0 Å². The van der Waals surface area contributed by atoms with Crippen LogP contribution in [0.5, 0.6) is 0 Å². The van der Waals surface area contributed by atoms with Crippen LogP contribution in [0.25, 0.3) is 0 Å². The van der Waals surface area contributed by atoms with Crippen molar-refractivity contribution in [2.24, 2.45) is 0 Å². The Morgan fingerprint density at radius 2 is 2.50 bits per heavy atom. The van der Waals surface area contributed by atoms with Gasteiger partial charge in [0.15, 0.2) is 0 Å². The third kappa shape index (κ3) is 3.30. The molecule has 0 saturated carbocycles. The molecule has 14 heavy (non-hydrogen) atoms. The molecule has 0 bridgehead atoms. The lowest BCUT2D eigenvalue weighted by molar-refractivity contribution is 1.10. The van der Waals surface area contributed by atoms with E-state index in [0.717, 1.165) is 10.0 Å². The van der Waals surface area contributed by atoms with Crippen molar-refractivity contribution in [1.29, 1.82) is 5.41 Å². The van der Waals surface area contributed by atoms with Gasteiger partial charge in [-0.25, -0.2) is 0 Å². The van der Waals surface area contributed by atoms with E-state index in [0.29, 0.717) is 12.1 Å². The fourth-order valence-corrected chi connectivity index (χ4v) is 1.37. The third-order valence-corrected chi connectivity index (χ3v) is 2.37. The molecule has 0 aliphatic rings. The standard InChI is InChI=1S/C10H12BrN3/c1-13-7-9(11)10(12)5-8-3-2-4-14-6-8/h2-4,6-7,12-13H,5H2,1H3/b9-7+,12-10?. The minimum Gasteiger partial charge on any atom is -0.393 e. The number of pyridine rings is 1. The number of hydrogen-bond donors (Lipinski definition) is 2. The van der Waals surface area contributed by atoms with E-state index in [1.807, 2.05) is 12.1 Å². The highest BCUT2D eigenvalue weighted by atomic mass is 79.9. The Labute approximate surface area is 91.9 Å². The van der Waals surface area contributed by atoms with Gasteiger partial charge >= 0.3 is 0 Å². The first kappa shape index (κ1) is 10.9. The molecule has 1 aromatic heterocycles. The SMILES string of the molecule is CN/C=C(/Br)C(=N)Cc1cccnc1. The normalized spacial score (nSPS) is 11.1. The van der Waals surface area contributed by atoms with Gasteiger partial charge in [-0.1, -0.05) is 6.07 Å². The van der Waals surface area contributed by atoms with Crippen molar-refractivity contribution >= 4 is 21.6 Å². The summed E-state index contributed by atoms with van der Waals surface area (Å²) >= 11 is 3.31. The van der Waals surface area contributed by atoms with E-state index in [-0.39, 0.29) is 0 Å². The molecule has 0 saturated heterocycles. The van der Waals surface area contributed by atoms with Gasteiger partial charge < -0.3 is 10.7 Å². The minimum atomic E-state index is 0.535. The van der Waals surface area contributed by atoms with Crippen LogP contribution in [-0.2, 0) is 6.42 Å². The quantitative estimate of drug-likeness (QED) is 0.808. The van der Waals surface area contributed by atoms with Gasteiger partial charge in [0, 0.05) is 32.1 Å². The number of aromatic nitrogens is 1. The first-order chi connectivity index (χ1) is 6.74. The first-order valence-corrected chi connectivity index (χ1v) is 5.03. The number of rotatable bonds is 4. The van der Waals surface area contributed by atoms with E-state index in [4.69, 9.17) is 5.41 Å². The third-order valence-electron chi connectivity index (χ3n) is 1.66. The van der Waals surface area contributed by atoms with Crippen molar-refractivity contribution < 1.29 is 0 Å². The van der Waals surface area contributed by atoms with Crippen LogP contribution in [0.1, 0.15) is 5.56 Å². The predicted octanol–water partition coefficient (Wildman–Crippen LogP) is 2.10. The molecule has 1 aromatic rings. The van der Waals surface area contributed by atoms with E-state index in [2.05, 4.69) is 26.2 Å². The lowest BCUT2D eigenvalue weighted by Crippen LogP contribution is -2.05. The summed E-state index contributed by atoms with van der Waals surface area (Å²) in [5.41, 5.74) is 1.58. The van der Waals surface area contributed by atoms with Crippen LogP contribution in [0.4, 0.5) is 0 Å². The molecule has 4 heteroatoms. The monoisotopic (exact) mass is 253 g/mol. The smallest absolute Gasteiger partial charge is 0.0543 e. The predicted molar refractivity (Wildman–Crippen MR) is 61.7 cm³/mol. The Balaban J connectivity index is 2.62. The molecule has 0 amide bonds. The van der Waals surface area contributed by atoms with Gasteiger partial charge in [0.05, 0.1) is 10.2 Å². The number of halogens is 1. The van der Waals surface area contributed by atoms with E-state index in [1.165, 1.54) is 0 Å². The fourth-order valence-electron chi connectivity index (χ4n) is 1.01. The lowest BCUT2D eigenvalue weighted by atomic mass is 10.1. The summed E-state index contributed by atoms with van der Waals surface area (Å²) in [6.07, 6.45) is 5.84. The Morgan fingerprint density at radius 3 is 3.07 bits per heavy atom. The molecule has 0 unspecified atom stereocenters. The summed E-state index contributed by atoms with van der Waals surface area (Å²) in [5, 5.41) is 10.6. The maximum atomic E-state index is 7.75. The molecule has 0 aliphatic carbocycles. The van der Waals surface area contributed by atoms with Crippen LogP contribution < -0.4 is 5.32 Å². The Hall–Kier alpha value is -1.16. The number of nitrogens with one attached hydrogen (secondary N) is 2. The minimum absolute atomic E-state index is 0.535. The van der Waals surface area contributed by atoms with Crippen LogP contribution in [0, 0.1) is 5.41 Å². The van der Waals surface area contributed by atoms with Gasteiger partial charge in [0.1, 0.15) is 0 Å². The van der Waals surface area contributed by atoms with Crippen LogP contribution in [0.15, 0.2) is 35.2 Å². The molecular formula is C10H12BrN3. The van der Waals surface area contributed by atoms with Crippen molar-refractivity contribution in [3.05, 3.63) is 40.8 Å². The maximum absolute atomic E-state index is 7.75. The topological polar surface area (TPSA) is 48.8 Å². The maximum Gasteiger partial charge on any atom is 0.0543 e. The highest BCUT2D eigenvalue weighted by Crippen LogP contribution is 2.09. The van der Waals surface area contributed by atoms with E-state index >= 15 is 0 Å². The zero-order chi connectivity index (χ0) is 10.4. The first-order valence-electron chi connectivity index (χ1n) is 4.23. The molecule has 2 N–H and O–H groups in total. The second-order valence-electron chi connectivity index (χ2n) is 2.80. The molecular weight excluding hydrogens is 242 g/mol. The highest BCUT2D eigenvalue weighted by molar-refractivity contribution is 9.12. The van der Waals surface area contributed by atoms with E-state index in [1.54, 1.807) is 25.6 Å². The molecule has 74 valence electrons. The summed E-state index contributed by atoms with van der Waals surface area (Å²) in [6, 6.07) is 3.83. The molecule has 0 fully saturated rings. The van der Waals surface area contributed by atoms with Crippen molar-refractivity contribution in [2.45, 2.75) is 6.42 Å². The van der Waals surface area contributed by atoms with Crippen LogP contribution in [-0.4, -0.2) is 17.7 Å². The van der Waals surface area contributed by atoms with Crippen molar-refractivity contribution in [3.63, 3.8) is 0 Å². The van der Waals surface area contributed by atoms with E-state index < -0.39 is 0 Å².